The zero-order valence-corrected chi connectivity index (χ0v) is 9.42. The lowest BCUT2D eigenvalue weighted by molar-refractivity contribution is -0.119. The number of pyridine rings is 1. The number of nitrogens with zero attached hydrogens (tertiary/aromatic N) is 1. The summed E-state index contributed by atoms with van der Waals surface area (Å²) in [6.07, 6.45) is -0.796. The summed E-state index contributed by atoms with van der Waals surface area (Å²) in [5, 5.41) is 21.8. The van der Waals surface area contributed by atoms with E-state index >= 15 is 0 Å². The fourth-order valence-electron chi connectivity index (χ4n) is 1.25. The van der Waals surface area contributed by atoms with Gasteiger partial charge in [0.1, 0.15) is 18.0 Å². The molecule has 0 spiro atoms. The van der Waals surface area contributed by atoms with Crippen LogP contribution < -0.4 is 16.6 Å². The van der Waals surface area contributed by atoms with Crippen LogP contribution in [0.4, 0.5) is 5.82 Å². The maximum absolute atomic E-state index is 10.7. The van der Waals surface area contributed by atoms with Crippen molar-refractivity contribution in [2.45, 2.75) is 19.1 Å². The van der Waals surface area contributed by atoms with Crippen LogP contribution in [0.2, 0.25) is 0 Å². The number of amides is 1. The van der Waals surface area contributed by atoms with Crippen LogP contribution in [0.1, 0.15) is 18.6 Å². The first-order valence-electron chi connectivity index (χ1n) is 5.07. The number of hydrogen-bond acceptors (Lipinski definition) is 6. The van der Waals surface area contributed by atoms with E-state index in [0.717, 1.165) is 0 Å². The standard InChI is InChI=1S/C10H16N4O3/c1-6(15)12-5-8(16)10(17)7-2-3-9(14-11)13-4-7/h2-4,8,10,16-17H,5,11H2,1H3,(H,12,15)(H,13,14). The summed E-state index contributed by atoms with van der Waals surface area (Å²) in [6.45, 7) is 1.32. The van der Waals surface area contributed by atoms with Crippen LogP contribution in [0.5, 0.6) is 0 Å². The molecule has 0 aliphatic carbocycles. The lowest BCUT2D eigenvalue weighted by Gasteiger charge is -2.18. The molecule has 0 aliphatic heterocycles. The van der Waals surface area contributed by atoms with E-state index in [2.05, 4.69) is 15.7 Å². The monoisotopic (exact) mass is 240 g/mol. The first kappa shape index (κ1) is 13.4. The topological polar surface area (TPSA) is 120 Å². The molecule has 0 bridgehead atoms. The molecule has 0 saturated heterocycles. The van der Waals surface area contributed by atoms with E-state index in [1.54, 1.807) is 12.1 Å². The molecule has 0 aromatic carbocycles. The smallest absolute Gasteiger partial charge is 0.216 e. The Morgan fingerprint density at radius 2 is 2.24 bits per heavy atom. The highest BCUT2D eigenvalue weighted by molar-refractivity contribution is 5.72. The summed E-state index contributed by atoms with van der Waals surface area (Å²) in [6, 6.07) is 3.16. The molecule has 0 saturated carbocycles. The van der Waals surface area contributed by atoms with Crippen molar-refractivity contribution in [3.63, 3.8) is 0 Å². The van der Waals surface area contributed by atoms with Crippen molar-refractivity contribution in [2.24, 2.45) is 5.84 Å². The van der Waals surface area contributed by atoms with Crippen LogP contribution >= 0.6 is 0 Å². The Bertz CT molecular complexity index is 368. The van der Waals surface area contributed by atoms with Crippen molar-refractivity contribution in [1.82, 2.24) is 10.3 Å². The summed E-state index contributed by atoms with van der Waals surface area (Å²) in [4.78, 5) is 14.6. The molecule has 2 unspecified atom stereocenters. The molecule has 1 rings (SSSR count). The predicted octanol–water partition coefficient (Wildman–Crippen LogP) is -1.10. The first-order chi connectivity index (χ1) is 8.04. The van der Waals surface area contributed by atoms with E-state index in [1.807, 2.05) is 0 Å². The van der Waals surface area contributed by atoms with Crippen LogP contribution in [0, 0.1) is 0 Å². The number of aliphatic hydroxyl groups is 2. The van der Waals surface area contributed by atoms with Crippen LogP contribution in [0.15, 0.2) is 18.3 Å². The van der Waals surface area contributed by atoms with Gasteiger partial charge in [0.2, 0.25) is 5.91 Å². The van der Waals surface area contributed by atoms with E-state index in [4.69, 9.17) is 5.84 Å². The minimum Gasteiger partial charge on any atom is -0.388 e. The average molecular weight is 240 g/mol. The second kappa shape index (κ2) is 6.14. The number of nitrogens with two attached hydrogens (primary N) is 1. The minimum absolute atomic E-state index is 0.0204. The number of nitrogens with one attached hydrogen (secondary N) is 2. The first-order valence-corrected chi connectivity index (χ1v) is 5.07. The number of nitrogen functional groups attached to an aromatic ring is 1. The lowest BCUT2D eigenvalue weighted by atomic mass is 10.1. The van der Waals surface area contributed by atoms with Crippen LogP contribution in [-0.2, 0) is 4.79 Å². The molecule has 6 N–H and O–H groups in total. The van der Waals surface area contributed by atoms with Crippen molar-refractivity contribution >= 4 is 11.7 Å². The van der Waals surface area contributed by atoms with Crippen LogP contribution in [0.3, 0.4) is 0 Å². The third-order valence-corrected chi connectivity index (χ3v) is 2.20. The predicted molar refractivity (Wildman–Crippen MR) is 61.7 cm³/mol. The molecule has 17 heavy (non-hydrogen) atoms. The Labute approximate surface area is 98.6 Å². The van der Waals surface area contributed by atoms with Crippen LogP contribution in [-0.4, -0.2) is 33.8 Å². The van der Waals surface area contributed by atoms with Gasteiger partial charge in [-0.25, -0.2) is 10.8 Å². The molecule has 1 aromatic rings. The summed E-state index contributed by atoms with van der Waals surface area (Å²) in [5.74, 6) is 5.33. The van der Waals surface area contributed by atoms with Crippen molar-refractivity contribution < 1.29 is 15.0 Å². The van der Waals surface area contributed by atoms with Gasteiger partial charge in [0.25, 0.3) is 0 Å². The van der Waals surface area contributed by atoms with E-state index in [0.29, 0.717) is 11.4 Å². The number of anilines is 1. The summed E-state index contributed by atoms with van der Waals surface area (Å²) in [7, 11) is 0. The number of carbonyl (C=O) groups excluding carboxylic acids is 1. The fraction of sp³-hybridized carbons (Fsp3) is 0.400. The van der Waals surface area contributed by atoms with Gasteiger partial charge in [-0.15, -0.1) is 0 Å². The molecule has 7 nitrogen and oxygen atoms in total. The van der Waals surface area contributed by atoms with E-state index in [-0.39, 0.29) is 12.5 Å². The molecular weight excluding hydrogens is 224 g/mol. The van der Waals surface area contributed by atoms with E-state index < -0.39 is 12.2 Å². The molecule has 7 heteroatoms. The zero-order valence-electron chi connectivity index (χ0n) is 9.42. The van der Waals surface area contributed by atoms with Gasteiger partial charge in [-0.3, -0.25) is 4.79 Å². The number of carbonyl (C=O) groups is 1. The quantitative estimate of drug-likeness (QED) is 0.329. The third kappa shape index (κ3) is 3.99. The summed E-state index contributed by atoms with van der Waals surface area (Å²) in [5.41, 5.74) is 2.80. The molecule has 0 fully saturated rings. The molecule has 1 aromatic heterocycles. The van der Waals surface area contributed by atoms with E-state index in [9.17, 15) is 15.0 Å². The molecular formula is C10H16N4O3. The van der Waals surface area contributed by atoms with Gasteiger partial charge in [-0.05, 0) is 6.07 Å². The molecule has 1 amide bonds. The highest BCUT2D eigenvalue weighted by Gasteiger charge is 2.18. The van der Waals surface area contributed by atoms with Crippen LogP contribution in [0.25, 0.3) is 0 Å². The summed E-state index contributed by atoms with van der Waals surface area (Å²) >= 11 is 0. The maximum Gasteiger partial charge on any atom is 0.216 e. The SMILES string of the molecule is CC(=O)NCC(O)C(O)c1ccc(NN)nc1. The van der Waals surface area contributed by atoms with Gasteiger partial charge >= 0.3 is 0 Å². The molecule has 0 radical (unpaired) electrons. The Balaban J connectivity index is 2.60. The number of aromatic nitrogens is 1. The Hall–Kier alpha value is -1.70. The lowest BCUT2D eigenvalue weighted by Crippen LogP contribution is -2.34. The van der Waals surface area contributed by atoms with E-state index in [1.165, 1.54) is 13.1 Å². The van der Waals surface area contributed by atoms with Gasteiger partial charge in [0.05, 0.1) is 0 Å². The third-order valence-electron chi connectivity index (χ3n) is 2.20. The molecule has 2 atom stereocenters. The second-order valence-corrected chi connectivity index (χ2v) is 3.57. The Morgan fingerprint density at radius 1 is 1.53 bits per heavy atom. The summed E-state index contributed by atoms with van der Waals surface area (Å²) < 4.78 is 0. The number of hydrazine groups is 1. The minimum atomic E-state index is -1.11. The fourth-order valence-corrected chi connectivity index (χ4v) is 1.25. The van der Waals surface area contributed by atoms with Gasteiger partial charge < -0.3 is 21.0 Å². The van der Waals surface area contributed by atoms with Gasteiger partial charge in [-0.1, -0.05) is 6.07 Å². The maximum atomic E-state index is 10.7. The van der Waals surface area contributed by atoms with Crippen molar-refractivity contribution in [2.75, 3.05) is 12.0 Å². The van der Waals surface area contributed by atoms with Gasteiger partial charge in [0.15, 0.2) is 0 Å². The van der Waals surface area contributed by atoms with Crippen molar-refractivity contribution in [3.05, 3.63) is 23.9 Å². The Kier molecular flexibility index (Phi) is 4.83. The molecule has 1 heterocycles. The second-order valence-electron chi connectivity index (χ2n) is 3.57. The average Bonchev–Trinajstić information content (AvgIpc) is 2.35. The number of aliphatic hydroxyl groups excluding tert-OH is 2. The molecule has 94 valence electrons. The number of hydrogen-bond donors (Lipinski definition) is 5. The molecule has 0 aliphatic rings. The van der Waals surface area contributed by atoms with Gasteiger partial charge in [-0.2, -0.15) is 0 Å². The zero-order chi connectivity index (χ0) is 12.8. The van der Waals surface area contributed by atoms with Gasteiger partial charge in [0, 0.05) is 25.2 Å². The highest BCUT2D eigenvalue weighted by Crippen LogP contribution is 2.16. The normalized spacial score (nSPS) is 13.9. The van der Waals surface area contributed by atoms with Crippen molar-refractivity contribution in [1.29, 1.82) is 0 Å². The largest absolute Gasteiger partial charge is 0.388 e. The number of rotatable bonds is 5. The highest BCUT2D eigenvalue weighted by atomic mass is 16.3. The Morgan fingerprint density at radius 3 is 2.71 bits per heavy atom. The van der Waals surface area contributed by atoms with Crippen molar-refractivity contribution in [3.8, 4) is 0 Å².